The average molecular weight is 256 g/mol. The third-order valence-corrected chi connectivity index (χ3v) is 4.39. The molecule has 6 heteroatoms. The average Bonchev–Trinajstić information content (AvgIpc) is 2.20. The largest absolute Gasteiger partial charge is 0.396 e. The highest BCUT2D eigenvalue weighted by Gasteiger charge is 2.71. The van der Waals surface area contributed by atoms with Crippen molar-refractivity contribution in [3.8, 4) is 0 Å². The molecule has 0 unspecified atom stereocenters. The van der Waals surface area contributed by atoms with Crippen molar-refractivity contribution in [1.82, 2.24) is 0 Å². The van der Waals surface area contributed by atoms with Gasteiger partial charge >= 0.3 is 0 Å². The lowest BCUT2D eigenvalue weighted by Gasteiger charge is -2.64. The molecule has 0 aromatic heterocycles. The minimum absolute atomic E-state index is 0.191. The van der Waals surface area contributed by atoms with E-state index in [0.29, 0.717) is 0 Å². The molecule has 0 atom stereocenters. The first kappa shape index (κ1) is 13.1. The highest BCUT2D eigenvalue weighted by atomic mass is 19.3. The smallest absolute Gasteiger partial charge is 0.249 e. The molecule has 0 spiro atoms. The van der Waals surface area contributed by atoms with Crippen LogP contribution in [0.25, 0.3) is 0 Å². The van der Waals surface area contributed by atoms with E-state index < -0.39 is 55.2 Å². The van der Waals surface area contributed by atoms with E-state index in [1.165, 1.54) is 0 Å². The van der Waals surface area contributed by atoms with Crippen molar-refractivity contribution in [3.63, 3.8) is 0 Å². The van der Waals surface area contributed by atoms with Gasteiger partial charge in [-0.1, -0.05) is 0 Å². The molecule has 100 valence electrons. The summed E-state index contributed by atoms with van der Waals surface area (Å²) in [6, 6.07) is 0. The summed E-state index contributed by atoms with van der Waals surface area (Å²) >= 11 is 0. The summed E-state index contributed by atoms with van der Waals surface area (Å²) in [4.78, 5) is 0. The summed E-state index contributed by atoms with van der Waals surface area (Å²) in [5.41, 5.74) is -4.08. The van der Waals surface area contributed by atoms with Gasteiger partial charge in [-0.25, -0.2) is 8.78 Å². The SMILES string of the molecule is OCC1(C2(O)CC(CF)(CF)C2)CC(F)(F)C1. The van der Waals surface area contributed by atoms with Crippen molar-refractivity contribution in [2.24, 2.45) is 10.8 Å². The van der Waals surface area contributed by atoms with E-state index in [-0.39, 0.29) is 12.8 Å². The molecule has 2 nitrogen and oxygen atoms in total. The summed E-state index contributed by atoms with van der Waals surface area (Å²) in [5, 5.41) is 19.4. The normalized spacial score (nSPS) is 31.4. The molecular weight excluding hydrogens is 240 g/mol. The van der Waals surface area contributed by atoms with Crippen LogP contribution in [0.5, 0.6) is 0 Å². The second-order valence-electron chi connectivity index (χ2n) is 5.80. The van der Waals surface area contributed by atoms with Gasteiger partial charge in [-0.2, -0.15) is 0 Å². The second kappa shape index (κ2) is 3.57. The molecule has 0 radical (unpaired) electrons. The highest BCUT2D eigenvalue weighted by Crippen LogP contribution is 2.66. The van der Waals surface area contributed by atoms with Crippen molar-refractivity contribution in [2.75, 3.05) is 20.0 Å². The number of halogens is 4. The van der Waals surface area contributed by atoms with Crippen LogP contribution in [0.15, 0.2) is 0 Å². The first-order chi connectivity index (χ1) is 7.76. The van der Waals surface area contributed by atoms with Gasteiger partial charge in [0, 0.05) is 23.7 Å². The Hall–Kier alpha value is -0.360. The Kier molecular flexibility index (Phi) is 2.75. The third-order valence-electron chi connectivity index (χ3n) is 4.39. The van der Waals surface area contributed by atoms with Crippen LogP contribution in [0.2, 0.25) is 0 Å². The Balaban J connectivity index is 2.09. The Morgan fingerprint density at radius 2 is 1.41 bits per heavy atom. The molecule has 0 aromatic carbocycles. The zero-order chi connectivity index (χ0) is 12.9. The molecule has 2 aliphatic rings. The highest BCUT2D eigenvalue weighted by molar-refractivity contribution is 5.18. The van der Waals surface area contributed by atoms with Gasteiger partial charge in [0.1, 0.15) is 0 Å². The summed E-state index contributed by atoms with van der Waals surface area (Å²) in [7, 11) is 0. The molecule has 0 aromatic rings. The van der Waals surface area contributed by atoms with Crippen LogP contribution in [0.3, 0.4) is 0 Å². The van der Waals surface area contributed by atoms with Crippen molar-refractivity contribution in [1.29, 1.82) is 0 Å². The van der Waals surface area contributed by atoms with Crippen molar-refractivity contribution in [3.05, 3.63) is 0 Å². The lowest BCUT2D eigenvalue weighted by Crippen LogP contribution is -2.70. The Morgan fingerprint density at radius 1 is 0.941 bits per heavy atom. The molecular formula is C11H16F4O2. The number of rotatable bonds is 4. The summed E-state index contributed by atoms with van der Waals surface area (Å²) in [6.07, 6.45) is -1.60. The van der Waals surface area contributed by atoms with E-state index in [1.807, 2.05) is 0 Å². The van der Waals surface area contributed by atoms with Crippen LogP contribution in [0, 0.1) is 10.8 Å². The van der Waals surface area contributed by atoms with E-state index in [2.05, 4.69) is 0 Å². The Morgan fingerprint density at radius 3 is 1.71 bits per heavy atom. The predicted molar refractivity (Wildman–Crippen MR) is 52.3 cm³/mol. The maximum absolute atomic E-state index is 12.9. The minimum Gasteiger partial charge on any atom is -0.396 e. The number of alkyl halides is 4. The van der Waals surface area contributed by atoms with Crippen LogP contribution in [-0.4, -0.2) is 41.7 Å². The molecule has 2 fully saturated rings. The number of aliphatic hydroxyl groups excluding tert-OH is 1. The Bertz CT molecular complexity index is 299. The minimum atomic E-state index is -2.89. The van der Waals surface area contributed by atoms with E-state index in [1.54, 1.807) is 0 Å². The van der Waals surface area contributed by atoms with Gasteiger partial charge in [0.25, 0.3) is 0 Å². The molecule has 2 rings (SSSR count). The molecule has 0 bridgehead atoms. The van der Waals surface area contributed by atoms with Crippen molar-refractivity contribution < 1.29 is 27.8 Å². The van der Waals surface area contributed by atoms with E-state index in [0.717, 1.165) is 0 Å². The van der Waals surface area contributed by atoms with Crippen molar-refractivity contribution in [2.45, 2.75) is 37.2 Å². The van der Waals surface area contributed by atoms with Gasteiger partial charge in [0.15, 0.2) is 0 Å². The fourth-order valence-electron chi connectivity index (χ4n) is 3.32. The Labute approximate surface area is 96.6 Å². The van der Waals surface area contributed by atoms with Gasteiger partial charge < -0.3 is 10.2 Å². The fourth-order valence-corrected chi connectivity index (χ4v) is 3.32. The molecule has 2 aliphatic carbocycles. The fraction of sp³-hybridized carbons (Fsp3) is 1.00. The topological polar surface area (TPSA) is 40.5 Å². The number of aliphatic hydroxyl groups is 2. The summed E-state index contributed by atoms with van der Waals surface area (Å²) < 4.78 is 51.1. The molecule has 0 saturated heterocycles. The predicted octanol–water partition coefficient (Wildman–Crippen LogP) is 1.84. The van der Waals surface area contributed by atoms with Crippen LogP contribution < -0.4 is 0 Å². The maximum Gasteiger partial charge on any atom is 0.249 e. The van der Waals surface area contributed by atoms with Crippen LogP contribution in [0.1, 0.15) is 25.7 Å². The van der Waals surface area contributed by atoms with Gasteiger partial charge in [0.2, 0.25) is 5.92 Å². The van der Waals surface area contributed by atoms with Crippen LogP contribution in [-0.2, 0) is 0 Å². The molecule has 0 aliphatic heterocycles. The van der Waals surface area contributed by atoms with Crippen LogP contribution in [0.4, 0.5) is 17.6 Å². The molecule has 2 N–H and O–H groups in total. The summed E-state index contributed by atoms with van der Waals surface area (Å²) in [5.74, 6) is -2.89. The van der Waals surface area contributed by atoms with Crippen molar-refractivity contribution >= 4 is 0 Å². The van der Waals surface area contributed by atoms with Crippen LogP contribution >= 0.6 is 0 Å². The number of hydrogen-bond acceptors (Lipinski definition) is 2. The van der Waals surface area contributed by atoms with Gasteiger partial charge in [-0.15, -0.1) is 0 Å². The lowest BCUT2D eigenvalue weighted by atomic mass is 9.45. The first-order valence-corrected chi connectivity index (χ1v) is 5.59. The third kappa shape index (κ3) is 1.68. The maximum atomic E-state index is 12.9. The monoisotopic (exact) mass is 256 g/mol. The molecule has 0 heterocycles. The van der Waals surface area contributed by atoms with E-state index >= 15 is 0 Å². The van der Waals surface area contributed by atoms with Gasteiger partial charge in [0.05, 0.1) is 25.6 Å². The quantitative estimate of drug-likeness (QED) is 0.753. The van der Waals surface area contributed by atoms with Gasteiger partial charge in [-0.05, 0) is 12.8 Å². The summed E-state index contributed by atoms with van der Waals surface area (Å²) in [6.45, 7) is -2.40. The molecule has 0 amide bonds. The number of hydrogen-bond donors (Lipinski definition) is 2. The standard InChI is InChI=1S/C11H16F4O2/c12-5-8(6-13)1-10(17,2-8)9(7-16)3-11(14,15)4-9/h16-17H,1-7H2. The first-order valence-electron chi connectivity index (χ1n) is 5.59. The zero-order valence-corrected chi connectivity index (χ0v) is 9.36. The van der Waals surface area contributed by atoms with Gasteiger partial charge in [-0.3, -0.25) is 8.78 Å². The molecule has 17 heavy (non-hydrogen) atoms. The lowest BCUT2D eigenvalue weighted by molar-refractivity contribution is -0.302. The molecule has 2 saturated carbocycles. The van der Waals surface area contributed by atoms with E-state index in [9.17, 15) is 27.8 Å². The van der Waals surface area contributed by atoms with E-state index in [4.69, 9.17) is 0 Å². The zero-order valence-electron chi connectivity index (χ0n) is 9.36. The second-order valence-corrected chi connectivity index (χ2v) is 5.80.